The second-order valence-corrected chi connectivity index (χ2v) is 4.70. The summed E-state index contributed by atoms with van der Waals surface area (Å²) in [5, 5.41) is 0. The number of ether oxygens (including phenoxy) is 3. The molecule has 0 bridgehead atoms. The van der Waals surface area contributed by atoms with Gasteiger partial charge >= 0.3 is 5.97 Å². The Morgan fingerprint density at radius 1 is 1.22 bits per heavy atom. The summed E-state index contributed by atoms with van der Waals surface area (Å²) < 4.78 is 15.8. The first kappa shape index (κ1) is 15.2. The first-order valence-electron chi connectivity index (χ1n) is 6.70. The zero-order valence-corrected chi connectivity index (χ0v) is 11.5. The highest BCUT2D eigenvalue weighted by Gasteiger charge is 2.36. The minimum atomic E-state index is -0.338. The maximum absolute atomic E-state index is 11.9. The number of hydrogen-bond donors (Lipinski definition) is 0. The van der Waals surface area contributed by atoms with Gasteiger partial charge in [0.1, 0.15) is 12.4 Å². The lowest BCUT2D eigenvalue weighted by atomic mass is 9.99. The molecule has 1 rings (SSSR count). The quantitative estimate of drug-likeness (QED) is 0.290. The molecule has 0 aromatic carbocycles. The molecule has 0 N–H and O–H groups in total. The van der Waals surface area contributed by atoms with Crippen LogP contribution in [-0.2, 0) is 19.0 Å². The van der Waals surface area contributed by atoms with E-state index in [1.165, 1.54) is 0 Å². The van der Waals surface area contributed by atoms with Gasteiger partial charge in [-0.3, -0.25) is 0 Å². The molecule has 1 saturated carbocycles. The molecular weight excluding hydrogens is 232 g/mol. The van der Waals surface area contributed by atoms with Crippen molar-refractivity contribution in [1.29, 1.82) is 0 Å². The third kappa shape index (κ3) is 4.42. The lowest BCUT2D eigenvalue weighted by molar-refractivity contribution is -0.155. The maximum Gasteiger partial charge on any atom is 0.336 e. The van der Waals surface area contributed by atoms with Crippen molar-refractivity contribution in [1.82, 2.24) is 0 Å². The summed E-state index contributed by atoms with van der Waals surface area (Å²) in [5.74, 6) is -0.338. The first-order chi connectivity index (χ1) is 8.63. The number of hydrogen-bond acceptors (Lipinski definition) is 4. The Labute approximate surface area is 109 Å². The van der Waals surface area contributed by atoms with Gasteiger partial charge < -0.3 is 14.2 Å². The van der Waals surface area contributed by atoms with E-state index >= 15 is 0 Å². The summed E-state index contributed by atoms with van der Waals surface area (Å²) in [7, 11) is 0. The van der Waals surface area contributed by atoms with Crippen molar-refractivity contribution in [2.75, 3.05) is 20.0 Å². The highest BCUT2D eigenvalue weighted by molar-refractivity contribution is 5.88. The molecule has 4 heteroatoms. The molecule has 0 atom stereocenters. The average molecular weight is 256 g/mol. The molecule has 0 aliphatic heterocycles. The molecule has 18 heavy (non-hydrogen) atoms. The fourth-order valence-corrected chi connectivity index (χ4v) is 2.18. The summed E-state index contributed by atoms with van der Waals surface area (Å²) in [6.45, 7) is 8.59. The van der Waals surface area contributed by atoms with E-state index in [1.807, 2.05) is 6.92 Å². The fourth-order valence-electron chi connectivity index (χ4n) is 2.18. The van der Waals surface area contributed by atoms with Crippen LogP contribution >= 0.6 is 0 Å². The third-order valence-electron chi connectivity index (χ3n) is 3.40. The molecule has 0 amide bonds. The Bertz CT molecular complexity index is 280. The van der Waals surface area contributed by atoms with Crippen LogP contribution in [0.15, 0.2) is 12.2 Å². The van der Waals surface area contributed by atoms with Crippen LogP contribution in [0.1, 0.15) is 46.0 Å². The standard InChI is InChI=1S/C14H24O4/c1-4-14(8-6-7-9-14)18-13(15)12(3)10-17-11-16-5-2/h3-11H2,1-2H3. The molecule has 0 saturated heterocycles. The van der Waals surface area contributed by atoms with Crippen LogP contribution in [0.2, 0.25) is 0 Å². The van der Waals surface area contributed by atoms with Gasteiger partial charge in [0.05, 0.1) is 12.2 Å². The van der Waals surface area contributed by atoms with Crippen LogP contribution in [0.4, 0.5) is 0 Å². The summed E-state index contributed by atoms with van der Waals surface area (Å²) in [6, 6.07) is 0. The minimum Gasteiger partial charge on any atom is -0.456 e. The van der Waals surface area contributed by atoms with E-state index < -0.39 is 0 Å². The van der Waals surface area contributed by atoms with Gasteiger partial charge in [-0.2, -0.15) is 0 Å². The van der Waals surface area contributed by atoms with Crippen molar-refractivity contribution < 1.29 is 19.0 Å². The van der Waals surface area contributed by atoms with Crippen molar-refractivity contribution >= 4 is 5.97 Å². The molecule has 104 valence electrons. The third-order valence-corrected chi connectivity index (χ3v) is 3.40. The topological polar surface area (TPSA) is 44.8 Å². The second-order valence-electron chi connectivity index (χ2n) is 4.70. The van der Waals surface area contributed by atoms with Crippen molar-refractivity contribution in [3.05, 3.63) is 12.2 Å². The highest BCUT2D eigenvalue weighted by atomic mass is 16.7. The molecule has 4 nitrogen and oxygen atoms in total. The molecule has 1 fully saturated rings. The van der Waals surface area contributed by atoms with Crippen LogP contribution in [0.3, 0.4) is 0 Å². The number of carbonyl (C=O) groups is 1. The van der Waals surface area contributed by atoms with Gasteiger partial charge in [-0.15, -0.1) is 0 Å². The summed E-state index contributed by atoms with van der Waals surface area (Å²) in [4.78, 5) is 11.9. The lowest BCUT2D eigenvalue weighted by Gasteiger charge is -2.28. The summed E-state index contributed by atoms with van der Waals surface area (Å²) >= 11 is 0. The molecule has 0 radical (unpaired) electrons. The van der Waals surface area contributed by atoms with E-state index in [0.717, 1.165) is 32.1 Å². The summed E-state index contributed by atoms with van der Waals surface area (Å²) in [5.41, 5.74) is 0.0920. The number of esters is 1. The van der Waals surface area contributed by atoms with Gasteiger partial charge in [0, 0.05) is 6.61 Å². The van der Waals surface area contributed by atoms with E-state index in [1.54, 1.807) is 0 Å². The molecule has 0 heterocycles. The normalized spacial score (nSPS) is 17.7. The van der Waals surface area contributed by atoms with Gasteiger partial charge in [0.2, 0.25) is 0 Å². The van der Waals surface area contributed by atoms with Gasteiger partial charge in [0.15, 0.2) is 0 Å². The Hall–Kier alpha value is -0.870. The van der Waals surface area contributed by atoms with E-state index in [-0.39, 0.29) is 25.0 Å². The van der Waals surface area contributed by atoms with Crippen LogP contribution in [0, 0.1) is 0 Å². The molecule has 0 unspecified atom stereocenters. The van der Waals surface area contributed by atoms with Crippen molar-refractivity contribution in [2.45, 2.75) is 51.6 Å². The van der Waals surface area contributed by atoms with Crippen LogP contribution in [0.5, 0.6) is 0 Å². The van der Waals surface area contributed by atoms with Crippen molar-refractivity contribution in [3.63, 3.8) is 0 Å². The van der Waals surface area contributed by atoms with Crippen LogP contribution < -0.4 is 0 Å². The number of carbonyl (C=O) groups excluding carboxylic acids is 1. The average Bonchev–Trinajstić information content (AvgIpc) is 2.83. The minimum absolute atomic E-state index is 0.165. The highest BCUT2D eigenvalue weighted by Crippen LogP contribution is 2.36. The SMILES string of the molecule is C=C(COCOCC)C(=O)OC1(CC)CCCC1. The first-order valence-corrected chi connectivity index (χ1v) is 6.70. The lowest BCUT2D eigenvalue weighted by Crippen LogP contribution is -2.32. The predicted octanol–water partition coefficient (Wildman–Crippen LogP) is 2.82. The molecule has 1 aliphatic rings. The fraction of sp³-hybridized carbons (Fsp3) is 0.786. The molecule has 0 aromatic heterocycles. The predicted molar refractivity (Wildman–Crippen MR) is 69.2 cm³/mol. The zero-order chi connectivity index (χ0) is 13.4. The maximum atomic E-state index is 11.9. The molecule has 0 aromatic rings. The second kappa shape index (κ2) is 7.54. The Morgan fingerprint density at radius 2 is 1.89 bits per heavy atom. The van der Waals surface area contributed by atoms with Gasteiger partial charge in [0.25, 0.3) is 0 Å². The zero-order valence-electron chi connectivity index (χ0n) is 11.5. The largest absolute Gasteiger partial charge is 0.456 e. The molecular formula is C14H24O4. The summed E-state index contributed by atoms with van der Waals surface area (Å²) in [6.07, 6.45) is 5.05. The van der Waals surface area contributed by atoms with Gasteiger partial charge in [-0.1, -0.05) is 13.5 Å². The smallest absolute Gasteiger partial charge is 0.336 e. The Balaban J connectivity index is 2.32. The van der Waals surface area contributed by atoms with Gasteiger partial charge in [-0.25, -0.2) is 4.79 Å². The van der Waals surface area contributed by atoms with E-state index in [0.29, 0.717) is 12.2 Å². The van der Waals surface area contributed by atoms with E-state index in [4.69, 9.17) is 14.2 Å². The van der Waals surface area contributed by atoms with Crippen LogP contribution in [0.25, 0.3) is 0 Å². The monoisotopic (exact) mass is 256 g/mol. The van der Waals surface area contributed by atoms with Gasteiger partial charge in [-0.05, 0) is 39.0 Å². The van der Waals surface area contributed by atoms with Crippen molar-refractivity contribution in [2.24, 2.45) is 0 Å². The van der Waals surface area contributed by atoms with E-state index in [9.17, 15) is 4.79 Å². The Kier molecular flexibility index (Phi) is 6.36. The van der Waals surface area contributed by atoms with Crippen LogP contribution in [-0.4, -0.2) is 31.6 Å². The molecule has 0 spiro atoms. The molecule has 1 aliphatic carbocycles. The Morgan fingerprint density at radius 3 is 2.44 bits per heavy atom. The van der Waals surface area contributed by atoms with Crippen molar-refractivity contribution in [3.8, 4) is 0 Å². The van der Waals surface area contributed by atoms with E-state index in [2.05, 4.69) is 13.5 Å². The number of rotatable bonds is 8.